The highest BCUT2D eigenvalue weighted by molar-refractivity contribution is 6.07. The number of urea groups is 1. The molecule has 0 aliphatic carbocycles. The van der Waals surface area contributed by atoms with Crippen molar-refractivity contribution in [2.24, 2.45) is 0 Å². The minimum absolute atomic E-state index is 0. The van der Waals surface area contributed by atoms with Gasteiger partial charge in [0.2, 0.25) is 0 Å². The standard InChI is InChI=1S/C26H33N3O3.ClH/c1-19(2)32-25(30)12-11-24-18-28(22-7-5-4-6-8-22)26(31)29(24)23-10-9-20-13-15-27(3)16-14-21(20)17-23;/h4-10,17,19,24H,11-16,18H2,1-3H3;1H. The Balaban J connectivity index is 0.00000306. The van der Waals surface area contributed by atoms with Crippen LogP contribution in [-0.2, 0) is 22.4 Å². The van der Waals surface area contributed by atoms with Crippen molar-refractivity contribution in [2.75, 3.05) is 36.5 Å². The third kappa shape index (κ3) is 5.87. The normalized spacial score (nSPS) is 18.7. The van der Waals surface area contributed by atoms with E-state index < -0.39 is 0 Å². The van der Waals surface area contributed by atoms with Crippen LogP contribution in [0.25, 0.3) is 0 Å². The lowest BCUT2D eigenvalue weighted by molar-refractivity contribution is -0.147. The lowest BCUT2D eigenvalue weighted by Crippen LogP contribution is -2.35. The number of ether oxygens (including phenoxy) is 1. The molecule has 0 bridgehead atoms. The molecule has 1 atom stereocenters. The molecule has 2 aromatic rings. The van der Waals surface area contributed by atoms with E-state index in [0.29, 0.717) is 19.4 Å². The van der Waals surface area contributed by atoms with Gasteiger partial charge in [0.15, 0.2) is 0 Å². The molecule has 2 heterocycles. The molecule has 0 spiro atoms. The molecule has 4 rings (SSSR count). The number of hydrogen-bond donors (Lipinski definition) is 0. The van der Waals surface area contributed by atoms with Crippen molar-refractivity contribution >= 4 is 35.8 Å². The molecule has 6 nitrogen and oxygen atoms in total. The van der Waals surface area contributed by atoms with E-state index >= 15 is 0 Å². The van der Waals surface area contributed by atoms with Crippen LogP contribution in [0.3, 0.4) is 0 Å². The van der Waals surface area contributed by atoms with E-state index in [1.54, 1.807) is 0 Å². The number of anilines is 2. The quantitative estimate of drug-likeness (QED) is 0.574. The highest BCUT2D eigenvalue weighted by Crippen LogP contribution is 2.32. The largest absolute Gasteiger partial charge is 0.463 e. The summed E-state index contributed by atoms with van der Waals surface area (Å²) in [5.74, 6) is -0.212. The molecule has 0 radical (unpaired) electrons. The summed E-state index contributed by atoms with van der Waals surface area (Å²) in [5, 5.41) is 0. The minimum atomic E-state index is -0.212. The molecule has 1 saturated heterocycles. The molecule has 0 N–H and O–H groups in total. The van der Waals surface area contributed by atoms with E-state index in [-0.39, 0.29) is 36.6 Å². The third-order valence-corrected chi connectivity index (χ3v) is 6.31. The van der Waals surface area contributed by atoms with Crippen LogP contribution >= 0.6 is 12.4 Å². The monoisotopic (exact) mass is 471 g/mol. The predicted molar refractivity (Wildman–Crippen MR) is 135 cm³/mol. The Labute approximate surface area is 202 Å². The van der Waals surface area contributed by atoms with Gasteiger partial charge < -0.3 is 9.64 Å². The second kappa shape index (κ2) is 11.0. The molecular formula is C26H34ClN3O3. The van der Waals surface area contributed by atoms with Crippen LogP contribution in [-0.4, -0.2) is 55.7 Å². The first-order chi connectivity index (χ1) is 15.4. The van der Waals surface area contributed by atoms with Crippen LogP contribution in [0.5, 0.6) is 0 Å². The molecule has 7 heteroatoms. The van der Waals surface area contributed by atoms with Gasteiger partial charge in [-0.3, -0.25) is 14.6 Å². The summed E-state index contributed by atoms with van der Waals surface area (Å²) in [4.78, 5) is 31.8. The zero-order chi connectivity index (χ0) is 22.7. The summed E-state index contributed by atoms with van der Waals surface area (Å²) in [7, 11) is 2.15. The van der Waals surface area contributed by atoms with Crippen LogP contribution in [0.15, 0.2) is 48.5 Å². The highest BCUT2D eigenvalue weighted by Gasteiger charge is 2.39. The third-order valence-electron chi connectivity index (χ3n) is 6.31. The highest BCUT2D eigenvalue weighted by atomic mass is 35.5. The number of likely N-dealkylation sites (N-methyl/N-ethyl adjacent to an activating group) is 1. The number of esters is 1. The lowest BCUT2D eigenvalue weighted by Gasteiger charge is -2.24. The summed E-state index contributed by atoms with van der Waals surface area (Å²) >= 11 is 0. The zero-order valence-corrected chi connectivity index (χ0v) is 20.5. The predicted octanol–water partition coefficient (Wildman–Crippen LogP) is 4.69. The maximum Gasteiger partial charge on any atom is 0.329 e. The Bertz CT molecular complexity index is 967. The van der Waals surface area contributed by atoms with Crippen molar-refractivity contribution in [3.05, 3.63) is 59.7 Å². The fourth-order valence-electron chi connectivity index (χ4n) is 4.60. The molecule has 33 heavy (non-hydrogen) atoms. The van der Waals surface area contributed by atoms with Crippen molar-refractivity contribution in [3.63, 3.8) is 0 Å². The maximum atomic E-state index is 13.6. The second-order valence-electron chi connectivity index (χ2n) is 9.09. The Hall–Kier alpha value is -2.57. The van der Waals surface area contributed by atoms with Gasteiger partial charge in [-0.2, -0.15) is 0 Å². The molecule has 1 fully saturated rings. The van der Waals surface area contributed by atoms with Gasteiger partial charge in [0.1, 0.15) is 0 Å². The first-order valence-electron chi connectivity index (χ1n) is 11.6. The van der Waals surface area contributed by atoms with Crippen molar-refractivity contribution in [1.82, 2.24) is 4.90 Å². The first kappa shape index (κ1) is 25.1. The topological polar surface area (TPSA) is 53.1 Å². The van der Waals surface area contributed by atoms with E-state index in [1.165, 1.54) is 11.1 Å². The van der Waals surface area contributed by atoms with Crippen molar-refractivity contribution in [1.29, 1.82) is 0 Å². The number of para-hydroxylation sites is 1. The summed E-state index contributed by atoms with van der Waals surface area (Å²) in [6, 6.07) is 16.0. The van der Waals surface area contributed by atoms with Crippen LogP contribution < -0.4 is 9.80 Å². The molecule has 2 aromatic carbocycles. The van der Waals surface area contributed by atoms with E-state index in [4.69, 9.17) is 4.74 Å². The Morgan fingerprint density at radius 2 is 1.73 bits per heavy atom. The number of hydrogen-bond acceptors (Lipinski definition) is 4. The molecule has 2 aliphatic heterocycles. The number of amides is 2. The van der Waals surface area contributed by atoms with Crippen LogP contribution in [0, 0.1) is 0 Å². The lowest BCUT2D eigenvalue weighted by atomic mass is 10.0. The summed E-state index contributed by atoms with van der Waals surface area (Å²) in [6.45, 7) is 6.33. The number of carbonyl (C=O) groups is 2. The van der Waals surface area contributed by atoms with E-state index in [9.17, 15) is 9.59 Å². The van der Waals surface area contributed by atoms with Gasteiger partial charge in [0, 0.05) is 37.4 Å². The van der Waals surface area contributed by atoms with Gasteiger partial charge in [0.05, 0.1) is 12.1 Å². The summed E-state index contributed by atoms with van der Waals surface area (Å²) in [5.41, 5.74) is 4.47. The number of rotatable bonds is 6. The van der Waals surface area contributed by atoms with Gasteiger partial charge in [-0.1, -0.05) is 24.3 Å². The van der Waals surface area contributed by atoms with Gasteiger partial charge in [-0.05, 0) is 75.5 Å². The molecule has 0 aromatic heterocycles. The molecule has 0 saturated carbocycles. The van der Waals surface area contributed by atoms with E-state index in [0.717, 1.165) is 37.3 Å². The summed E-state index contributed by atoms with van der Waals surface area (Å²) < 4.78 is 5.33. The van der Waals surface area contributed by atoms with Crippen LogP contribution in [0.1, 0.15) is 37.8 Å². The summed E-state index contributed by atoms with van der Waals surface area (Å²) in [6.07, 6.45) is 2.74. The van der Waals surface area contributed by atoms with E-state index in [2.05, 4.69) is 30.1 Å². The molecular weight excluding hydrogens is 438 g/mol. The Kier molecular flexibility index (Phi) is 8.38. The molecule has 2 amide bonds. The molecule has 1 unspecified atom stereocenters. The van der Waals surface area contributed by atoms with Crippen molar-refractivity contribution < 1.29 is 14.3 Å². The molecule has 2 aliphatic rings. The Morgan fingerprint density at radius 1 is 1.03 bits per heavy atom. The number of halogens is 1. The number of benzene rings is 2. The second-order valence-corrected chi connectivity index (χ2v) is 9.09. The number of carbonyl (C=O) groups excluding carboxylic acids is 2. The average Bonchev–Trinajstić information content (AvgIpc) is 2.99. The molecule has 178 valence electrons. The minimum Gasteiger partial charge on any atom is -0.463 e. The smallest absolute Gasteiger partial charge is 0.329 e. The van der Waals surface area contributed by atoms with E-state index in [1.807, 2.05) is 54.0 Å². The fraction of sp³-hybridized carbons (Fsp3) is 0.462. The van der Waals surface area contributed by atoms with Gasteiger partial charge >= 0.3 is 12.0 Å². The van der Waals surface area contributed by atoms with Gasteiger partial charge in [-0.15, -0.1) is 12.4 Å². The maximum absolute atomic E-state index is 13.6. The zero-order valence-electron chi connectivity index (χ0n) is 19.7. The fourth-order valence-corrected chi connectivity index (χ4v) is 4.60. The van der Waals surface area contributed by atoms with Crippen LogP contribution in [0.4, 0.5) is 16.2 Å². The first-order valence-corrected chi connectivity index (χ1v) is 11.6. The van der Waals surface area contributed by atoms with Crippen molar-refractivity contribution in [3.8, 4) is 0 Å². The SMILES string of the molecule is CC(C)OC(=O)CCC1CN(c2ccccc2)C(=O)N1c1ccc2c(c1)CCN(C)CC2.Cl. The van der Waals surface area contributed by atoms with Crippen molar-refractivity contribution in [2.45, 2.75) is 51.7 Å². The average molecular weight is 472 g/mol. The number of fused-ring (bicyclic) bond motifs is 1. The van der Waals surface area contributed by atoms with Gasteiger partial charge in [0.25, 0.3) is 0 Å². The Morgan fingerprint density at radius 3 is 2.42 bits per heavy atom. The number of nitrogens with zero attached hydrogens (tertiary/aromatic N) is 3. The van der Waals surface area contributed by atoms with Gasteiger partial charge in [-0.25, -0.2) is 4.79 Å². The van der Waals surface area contributed by atoms with Crippen LogP contribution in [0.2, 0.25) is 0 Å².